The van der Waals surface area contributed by atoms with E-state index in [9.17, 15) is 0 Å². The normalized spacial score (nSPS) is 12.0. The Kier molecular flexibility index (Phi) is 7.32. The zero-order chi connectivity index (χ0) is 15.5. The maximum atomic E-state index is 4.42. The number of para-hydroxylation sites is 1. The average molecular weight is 275 g/mol. The highest BCUT2D eigenvalue weighted by Gasteiger charge is 2.06. The SMILES string of the molecule is C=C/C=C\C(=C)C#CC1=CCC=Nc2ccccc21.CC. The first-order valence-corrected chi connectivity index (χ1v) is 7.13. The number of allylic oxidation sites excluding steroid dienone is 6. The second kappa shape index (κ2) is 9.34. The highest BCUT2D eigenvalue weighted by atomic mass is 14.7. The van der Waals surface area contributed by atoms with Crippen LogP contribution in [-0.4, -0.2) is 6.21 Å². The maximum Gasteiger partial charge on any atom is 0.0710 e. The standard InChI is InChI=1S/C18H15N.C2H6/c1-3-4-8-15(2)12-13-16-9-7-14-19-18-11-6-5-10-17(16)18;1-2/h3-6,8-11,14H,1-2,7H2;1-2H3/b8-4-;. The number of rotatable bonds is 2. The Morgan fingerprint density at radius 3 is 2.81 bits per heavy atom. The minimum Gasteiger partial charge on any atom is -0.260 e. The van der Waals surface area contributed by atoms with Gasteiger partial charge in [-0.3, -0.25) is 4.99 Å². The Bertz CT molecular complexity index is 646. The van der Waals surface area contributed by atoms with Gasteiger partial charge in [-0.25, -0.2) is 0 Å². The van der Waals surface area contributed by atoms with Gasteiger partial charge in [0.05, 0.1) is 5.69 Å². The van der Waals surface area contributed by atoms with Crippen molar-refractivity contribution >= 4 is 17.5 Å². The third-order valence-electron chi connectivity index (χ3n) is 2.64. The fourth-order valence-corrected chi connectivity index (χ4v) is 1.74. The van der Waals surface area contributed by atoms with E-state index < -0.39 is 0 Å². The molecule has 1 nitrogen and oxygen atoms in total. The van der Waals surface area contributed by atoms with Crippen LogP contribution in [0, 0.1) is 11.8 Å². The molecule has 0 atom stereocenters. The molecule has 0 unspecified atom stereocenters. The first kappa shape index (κ1) is 16.5. The molecule has 0 aromatic heterocycles. The summed E-state index contributed by atoms with van der Waals surface area (Å²) < 4.78 is 0. The second-order valence-electron chi connectivity index (χ2n) is 4.05. The van der Waals surface area contributed by atoms with E-state index in [-0.39, 0.29) is 0 Å². The van der Waals surface area contributed by atoms with E-state index in [0.717, 1.165) is 28.8 Å². The van der Waals surface area contributed by atoms with Gasteiger partial charge in [0.25, 0.3) is 0 Å². The van der Waals surface area contributed by atoms with Gasteiger partial charge in [0.2, 0.25) is 0 Å². The van der Waals surface area contributed by atoms with E-state index >= 15 is 0 Å². The van der Waals surface area contributed by atoms with E-state index in [0.29, 0.717) is 0 Å². The number of aliphatic imine (C=N–C) groups is 1. The molecular formula is C20H21N. The molecule has 0 N–H and O–H groups in total. The molecule has 1 aromatic carbocycles. The maximum absolute atomic E-state index is 4.42. The molecule has 0 amide bonds. The Hall–Kier alpha value is -2.59. The van der Waals surface area contributed by atoms with Crippen LogP contribution in [0.1, 0.15) is 25.8 Å². The van der Waals surface area contributed by atoms with Crippen LogP contribution in [-0.2, 0) is 0 Å². The van der Waals surface area contributed by atoms with Crippen LogP contribution in [0.3, 0.4) is 0 Å². The molecule has 1 aliphatic rings. The molecule has 1 aromatic rings. The Morgan fingerprint density at radius 2 is 2.05 bits per heavy atom. The highest BCUT2D eigenvalue weighted by Crippen LogP contribution is 2.27. The molecule has 0 saturated heterocycles. The van der Waals surface area contributed by atoms with Gasteiger partial charge in [0, 0.05) is 29.3 Å². The van der Waals surface area contributed by atoms with Crippen molar-refractivity contribution in [3.63, 3.8) is 0 Å². The number of nitrogens with zero attached hydrogens (tertiary/aromatic N) is 1. The van der Waals surface area contributed by atoms with Crippen molar-refractivity contribution in [3.05, 3.63) is 72.9 Å². The molecule has 0 bridgehead atoms. The predicted molar refractivity (Wildman–Crippen MR) is 94.8 cm³/mol. The highest BCUT2D eigenvalue weighted by molar-refractivity contribution is 5.89. The lowest BCUT2D eigenvalue weighted by Gasteiger charge is -2.02. The molecule has 1 heteroatoms. The van der Waals surface area contributed by atoms with Crippen molar-refractivity contribution in [3.8, 4) is 11.8 Å². The molecule has 1 heterocycles. The Labute approximate surface area is 128 Å². The molecule has 1 aliphatic heterocycles. The third-order valence-corrected chi connectivity index (χ3v) is 2.64. The van der Waals surface area contributed by atoms with Crippen LogP contribution in [0.5, 0.6) is 0 Å². The summed E-state index contributed by atoms with van der Waals surface area (Å²) in [4.78, 5) is 4.42. The fourth-order valence-electron chi connectivity index (χ4n) is 1.74. The molecule has 0 spiro atoms. The molecule has 0 aliphatic carbocycles. The van der Waals surface area contributed by atoms with Crippen molar-refractivity contribution in [1.82, 2.24) is 0 Å². The van der Waals surface area contributed by atoms with Gasteiger partial charge >= 0.3 is 0 Å². The first-order valence-electron chi connectivity index (χ1n) is 7.13. The van der Waals surface area contributed by atoms with Gasteiger partial charge in [0.15, 0.2) is 0 Å². The van der Waals surface area contributed by atoms with Gasteiger partial charge in [-0.05, 0) is 12.1 Å². The van der Waals surface area contributed by atoms with Gasteiger partial charge in [-0.2, -0.15) is 0 Å². The summed E-state index contributed by atoms with van der Waals surface area (Å²) in [6, 6.07) is 8.03. The van der Waals surface area contributed by atoms with E-state index in [1.54, 1.807) is 6.08 Å². The second-order valence-corrected chi connectivity index (χ2v) is 4.05. The Balaban J connectivity index is 0.00000106. The summed E-state index contributed by atoms with van der Waals surface area (Å²) in [5, 5.41) is 0. The van der Waals surface area contributed by atoms with Crippen molar-refractivity contribution < 1.29 is 0 Å². The fraction of sp³-hybridized carbons (Fsp3) is 0.150. The number of benzene rings is 1. The quantitative estimate of drug-likeness (QED) is 0.499. The zero-order valence-electron chi connectivity index (χ0n) is 12.8. The van der Waals surface area contributed by atoms with E-state index in [2.05, 4.69) is 36.1 Å². The summed E-state index contributed by atoms with van der Waals surface area (Å²) in [6.45, 7) is 11.5. The smallest absolute Gasteiger partial charge is 0.0710 e. The van der Waals surface area contributed by atoms with Crippen LogP contribution in [0.4, 0.5) is 5.69 Å². The van der Waals surface area contributed by atoms with Crippen LogP contribution in [0.15, 0.2) is 72.3 Å². The van der Waals surface area contributed by atoms with Gasteiger partial charge in [0.1, 0.15) is 0 Å². The molecule has 21 heavy (non-hydrogen) atoms. The summed E-state index contributed by atoms with van der Waals surface area (Å²) in [7, 11) is 0. The lowest BCUT2D eigenvalue weighted by Crippen LogP contribution is -1.81. The molecule has 0 saturated carbocycles. The topological polar surface area (TPSA) is 12.4 Å². The minimum atomic E-state index is 0.767. The average Bonchev–Trinajstić information content (AvgIpc) is 2.75. The van der Waals surface area contributed by atoms with Crippen LogP contribution in [0.2, 0.25) is 0 Å². The number of hydrogen-bond acceptors (Lipinski definition) is 1. The Morgan fingerprint density at radius 1 is 1.29 bits per heavy atom. The molecule has 106 valence electrons. The van der Waals surface area contributed by atoms with Crippen molar-refractivity contribution in [1.29, 1.82) is 0 Å². The van der Waals surface area contributed by atoms with Gasteiger partial charge in [-0.1, -0.05) is 75.3 Å². The summed E-state index contributed by atoms with van der Waals surface area (Å²) in [6.07, 6.45) is 10.2. The summed E-state index contributed by atoms with van der Waals surface area (Å²) in [5.41, 5.74) is 3.81. The van der Waals surface area contributed by atoms with Gasteiger partial charge < -0.3 is 0 Å². The van der Waals surface area contributed by atoms with Crippen LogP contribution < -0.4 is 0 Å². The van der Waals surface area contributed by atoms with Crippen molar-refractivity contribution in [2.75, 3.05) is 0 Å². The van der Waals surface area contributed by atoms with E-state index in [4.69, 9.17) is 0 Å². The summed E-state index contributed by atoms with van der Waals surface area (Å²) in [5.74, 6) is 6.23. The molecule has 0 radical (unpaired) electrons. The third kappa shape index (κ3) is 5.12. The summed E-state index contributed by atoms with van der Waals surface area (Å²) >= 11 is 0. The molecule has 0 fully saturated rings. The van der Waals surface area contributed by atoms with E-state index in [1.165, 1.54) is 0 Å². The number of hydrogen-bond donors (Lipinski definition) is 0. The van der Waals surface area contributed by atoms with Crippen LogP contribution >= 0.6 is 0 Å². The minimum absolute atomic E-state index is 0.767. The predicted octanol–water partition coefficient (Wildman–Crippen LogP) is 5.50. The van der Waals surface area contributed by atoms with E-state index in [1.807, 2.05) is 56.5 Å². The first-order chi connectivity index (χ1) is 10.3. The van der Waals surface area contributed by atoms with Crippen molar-refractivity contribution in [2.45, 2.75) is 20.3 Å². The zero-order valence-corrected chi connectivity index (χ0v) is 12.8. The molecule has 2 rings (SSSR count). The lowest BCUT2D eigenvalue weighted by atomic mass is 10.0. The van der Waals surface area contributed by atoms with Gasteiger partial charge in [-0.15, -0.1) is 0 Å². The van der Waals surface area contributed by atoms with Crippen molar-refractivity contribution in [2.24, 2.45) is 4.99 Å². The molecular weight excluding hydrogens is 254 g/mol. The monoisotopic (exact) mass is 275 g/mol. The largest absolute Gasteiger partial charge is 0.260 e. The lowest BCUT2D eigenvalue weighted by molar-refractivity contribution is 1.49. The number of fused-ring (bicyclic) bond motifs is 1. The van der Waals surface area contributed by atoms with Crippen LogP contribution in [0.25, 0.3) is 5.57 Å².